The zero-order chi connectivity index (χ0) is 16.3. The first-order chi connectivity index (χ1) is 10.4. The molecule has 0 atom stereocenters. The van der Waals surface area contributed by atoms with E-state index in [9.17, 15) is 9.59 Å². The number of hydrogen-bond donors (Lipinski definition) is 1. The van der Waals surface area contributed by atoms with Crippen LogP contribution < -0.4 is 0 Å². The maximum atomic E-state index is 12.7. The predicted molar refractivity (Wildman–Crippen MR) is 91.3 cm³/mol. The van der Waals surface area contributed by atoms with E-state index in [0.717, 1.165) is 10.9 Å². The number of carbonyl (C=O) groups is 2. The molecule has 1 heterocycles. The average molecular weight is 429 g/mol. The topological polar surface area (TPSA) is 59.3 Å². The third-order valence-electron chi connectivity index (χ3n) is 3.26. The van der Waals surface area contributed by atoms with E-state index >= 15 is 0 Å². The SMILES string of the molecule is CCCn1c(C(=O)c2ccc(Br)cc2)cc(Br)c1CC(=O)O. The fourth-order valence-electron chi connectivity index (χ4n) is 2.29. The van der Waals surface area contributed by atoms with Crippen molar-refractivity contribution < 1.29 is 14.7 Å². The van der Waals surface area contributed by atoms with Crippen LogP contribution in [-0.2, 0) is 17.8 Å². The van der Waals surface area contributed by atoms with Crippen molar-refractivity contribution in [3.05, 3.63) is 56.2 Å². The molecule has 0 bridgehead atoms. The zero-order valence-corrected chi connectivity index (χ0v) is 15.1. The first kappa shape index (κ1) is 17.0. The highest BCUT2D eigenvalue weighted by Gasteiger charge is 2.21. The first-order valence-corrected chi connectivity index (χ1v) is 8.42. The summed E-state index contributed by atoms with van der Waals surface area (Å²) in [6.45, 7) is 2.60. The average Bonchev–Trinajstić information content (AvgIpc) is 2.76. The number of aliphatic carboxylic acids is 1. The molecule has 2 rings (SSSR count). The van der Waals surface area contributed by atoms with Gasteiger partial charge in [-0.1, -0.05) is 22.9 Å². The summed E-state index contributed by atoms with van der Waals surface area (Å²) in [5, 5.41) is 9.06. The Morgan fingerprint density at radius 3 is 2.36 bits per heavy atom. The number of ketones is 1. The van der Waals surface area contributed by atoms with Crippen LogP contribution in [0.5, 0.6) is 0 Å². The molecule has 1 aromatic carbocycles. The maximum Gasteiger partial charge on any atom is 0.309 e. The van der Waals surface area contributed by atoms with Gasteiger partial charge in [0.05, 0.1) is 12.1 Å². The van der Waals surface area contributed by atoms with Crippen molar-refractivity contribution in [2.75, 3.05) is 0 Å². The summed E-state index contributed by atoms with van der Waals surface area (Å²) in [7, 11) is 0. The Kier molecular flexibility index (Phi) is 5.58. The van der Waals surface area contributed by atoms with Gasteiger partial charge in [-0.3, -0.25) is 9.59 Å². The van der Waals surface area contributed by atoms with Crippen molar-refractivity contribution in [2.45, 2.75) is 26.3 Å². The molecular formula is C16H15Br2NO3. The van der Waals surface area contributed by atoms with Gasteiger partial charge in [-0.15, -0.1) is 0 Å². The maximum absolute atomic E-state index is 12.7. The minimum Gasteiger partial charge on any atom is -0.481 e. The molecule has 0 unspecified atom stereocenters. The monoisotopic (exact) mass is 427 g/mol. The molecule has 0 fully saturated rings. The molecule has 1 aromatic heterocycles. The molecule has 0 aliphatic carbocycles. The van der Waals surface area contributed by atoms with Crippen molar-refractivity contribution in [1.82, 2.24) is 4.57 Å². The lowest BCUT2D eigenvalue weighted by atomic mass is 10.1. The summed E-state index contributed by atoms with van der Waals surface area (Å²) >= 11 is 6.72. The van der Waals surface area contributed by atoms with E-state index in [2.05, 4.69) is 31.9 Å². The van der Waals surface area contributed by atoms with Crippen LogP contribution in [0, 0.1) is 0 Å². The molecule has 0 amide bonds. The number of rotatable bonds is 6. The van der Waals surface area contributed by atoms with Crippen LogP contribution in [0.25, 0.3) is 0 Å². The molecule has 6 heteroatoms. The summed E-state index contributed by atoms with van der Waals surface area (Å²) in [5.41, 5.74) is 1.70. The van der Waals surface area contributed by atoms with Crippen molar-refractivity contribution in [3.8, 4) is 0 Å². The van der Waals surface area contributed by atoms with E-state index < -0.39 is 5.97 Å². The smallest absolute Gasteiger partial charge is 0.309 e. The number of halogens is 2. The van der Waals surface area contributed by atoms with Gasteiger partial charge in [-0.05, 0) is 52.7 Å². The molecular weight excluding hydrogens is 414 g/mol. The molecule has 0 spiro atoms. The quantitative estimate of drug-likeness (QED) is 0.698. The Labute approximate surface area is 145 Å². The third-order valence-corrected chi connectivity index (χ3v) is 4.48. The fraction of sp³-hybridized carbons (Fsp3) is 0.250. The highest BCUT2D eigenvalue weighted by Crippen LogP contribution is 2.25. The number of carboxylic acid groups (broad SMARTS) is 1. The third kappa shape index (κ3) is 3.67. The molecule has 0 aliphatic rings. The lowest BCUT2D eigenvalue weighted by Crippen LogP contribution is -2.14. The van der Waals surface area contributed by atoms with Crippen LogP contribution in [0.1, 0.15) is 35.1 Å². The van der Waals surface area contributed by atoms with Gasteiger partial charge in [0.15, 0.2) is 0 Å². The Hall–Kier alpha value is -1.40. The molecule has 116 valence electrons. The molecule has 0 radical (unpaired) electrons. The van der Waals surface area contributed by atoms with E-state index in [1.54, 1.807) is 22.8 Å². The lowest BCUT2D eigenvalue weighted by Gasteiger charge is -2.11. The number of hydrogen-bond acceptors (Lipinski definition) is 2. The Morgan fingerprint density at radius 1 is 1.18 bits per heavy atom. The summed E-state index contributed by atoms with van der Waals surface area (Å²) in [5.74, 6) is -1.03. The first-order valence-electron chi connectivity index (χ1n) is 6.84. The van der Waals surface area contributed by atoms with Gasteiger partial charge in [-0.25, -0.2) is 0 Å². The van der Waals surface area contributed by atoms with Gasteiger partial charge >= 0.3 is 5.97 Å². The Morgan fingerprint density at radius 2 is 1.82 bits per heavy atom. The predicted octanol–water partition coefficient (Wildman–Crippen LogP) is 4.28. The molecule has 0 saturated carbocycles. The van der Waals surface area contributed by atoms with E-state index in [0.29, 0.717) is 28.0 Å². The van der Waals surface area contributed by atoms with Crippen LogP contribution in [-0.4, -0.2) is 21.4 Å². The van der Waals surface area contributed by atoms with Crippen LogP contribution in [0.15, 0.2) is 39.3 Å². The standard InChI is InChI=1S/C16H15Br2NO3/c1-2-7-19-13(9-15(20)21)12(18)8-14(19)16(22)10-3-5-11(17)6-4-10/h3-6,8H,2,7,9H2,1H3,(H,20,21). The second kappa shape index (κ2) is 7.24. The van der Waals surface area contributed by atoms with Gasteiger partial charge in [0, 0.05) is 26.7 Å². The van der Waals surface area contributed by atoms with Gasteiger partial charge in [-0.2, -0.15) is 0 Å². The van der Waals surface area contributed by atoms with Crippen molar-refractivity contribution in [3.63, 3.8) is 0 Å². The molecule has 2 aromatic rings. The molecule has 0 aliphatic heterocycles. The highest BCUT2D eigenvalue weighted by molar-refractivity contribution is 9.10. The number of carbonyl (C=O) groups excluding carboxylic acids is 1. The van der Waals surface area contributed by atoms with Crippen molar-refractivity contribution >= 4 is 43.6 Å². The van der Waals surface area contributed by atoms with Gasteiger partial charge in [0.2, 0.25) is 5.78 Å². The molecule has 1 N–H and O–H groups in total. The normalized spacial score (nSPS) is 10.7. The van der Waals surface area contributed by atoms with Crippen LogP contribution in [0.3, 0.4) is 0 Å². The van der Waals surface area contributed by atoms with Crippen LogP contribution in [0.2, 0.25) is 0 Å². The Bertz CT molecular complexity index is 705. The van der Waals surface area contributed by atoms with E-state index in [1.807, 2.05) is 19.1 Å². The van der Waals surface area contributed by atoms with Crippen molar-refractivity contribution in [2.24, 2.45) is 0 Å². The second-order valence-electron chi connectivity index (χ2n) is 4.88. The van der Waals surface area contributed by atoms with E-state index in [1.165, 1.54) is 0 Å². The zero-order valence-electron chi connectivity index (χ0n) is 12.0. The number of carboxylic acids is 1. The van der Waals surface area contributed by atoms with E-state index in [4.69, 9.17) is 5.11 Å². The highest BCUT2D eigenvalue weighted by atomic mass is 79.9. The number of nitrogens with zero attached hydrogens (tertiary/aromatic N) is 1. The molecule has 22 heavy (non-hydrogen) atoms. The summed E-state index contributed by atoms with van der Waals surface area (Å²) in [4.78, 5) is 23.7. The number of benzene rings is 1. The number of aromatic nitrogens is 1. The summed E-state index contributed by atoms with van der Waals surface area (Å²) in [6.07, 6.45) is 0.697. The largest absolute Gasteiger partial charge is 0.481 e. The minimum absolute atomic E-state index is 0.113. The second-order valence-corrected chi connectivity index (χ2v) is 6.65. The van der Waals surface area contributed by atoms with Gasteiger partial charge < -0.3 is 9.67 Å². The summed E-state index contributed by atoms with van der Waals surface area (Å²) in [6, 6.07) is 8.83. The lowest BCUT2D eigenvalue weighted by molar-refractivity contribution is -0.136. The van der Waals surface area contributed by atoms with Crippen molar-refractivity contribution in [1.29, 1.82) is 0 Å². The molecule has 0 saturated heterocycles. The fourth-order valence-corrected chi connectivity index (χ4v) is 3.13. The van der Waals surface area contributed by atoms with Gasteiger partial charge in [0.25, 0.3) is 0 Å². The Balaban J connectivity index is 2.47. The minimum atomic E-state index is -0.918. The van der Waals surface area contributed by atoms with Crippen LogP contribution in [0.4, 0.5) is 0 Å². The molecule has 4 nitrogen and oxygen atoms in total. The van der Waals surface area contributed by atoms with E-state index in [-0.39, 0.29) is 12.2 Å². The summed E-state index contributed by atoms with van der Waals surface area (Å²) < 4.78 is 3.35. The van der Waals surface area contributed by atoms with Crippen LogP contribution >= 0.6 is 31.9 Å². The van der Waals surface area contributed by atoms with Gasteiger partial charge in [0.1, 0.15) is 0 Å².